The fraction of sp³-hybridized carbons (Fsp3) is 0.462. The number of amides is 4. The van der Waals surface area contributed by atoms with E-state index in [1.165, 1.54) is 19.1 Å². The number of nitrogens with zero attached hydrogens (tertiary/aromatic N) is 4. The SMILES string of the molecule is CC(O)C(=O)N(C[C@@H]1CNC[C@H]1C(=O)NCCOCCN1C(=O)C=CC1=O)[C@@H](c1nc(-c2cc(F)ccc2F)cn1Cc1ccccc1)C1CCOCC1. The summed E-state index contributed by atoms with van der Waals surface area (Å²) in [5.41, 5.74) is 1.12. The molecule has 2 saturated heterocycles. The maximum Gasteiger partial charge on any atom is 0.253 e. The minimum absolute atomic E-state index is 0.0158. The monoisotopic (exact) mass is 748 g/mol. The van der Waals surface area contributed by atoms with Gasteiger partial charge in [0.25, 0.3) is 17.7 Å². The highest BCUT2D eigenvalue weighted by atomic mass is 19.1. The Morgan fingerprint density at radius 1 is 1.07 bits per heavy atom. The largest absolute Gasteiger partial charge is 0.384 e. The normalized spacial score (nSPS) is 20.0. The number of imidazole rings is 1. The van der Waals surface area contributed by atoms with Crippen molar-refractivity contribution in [2.45, 2.75) is 38.5 Å². The fourth-order valence-electron chi connectivity index (χ4n) is 7.38. The van der Waals surface area contributed by atoms with E-state index in [0.29, 0.717) is 51.5 Å². The molecular weight excluding hydrogens is 702 g/mol. The Balaban J connectivity index is 1.25. The lowest BCUT2D eigenvalue weighted by molar-refractivity contribution is -0.146. The van der Waals surface area contributed by atoms with Gasteiger partial charge in [-0.1, -0.05) is 30.3 Å². The molecule has 54 heavy (non-hydrogen) atoms. The maximum absolute atomic E-state index is 15.2. The van der Waals surface area contributed by atoms with Crippen LogP contribution in [0.5, 0.6) is 0 Å². The molecule has 4 heterocycles. The molecule has 2 fully saturated rings. The number of imide groups is 1. The minimum Gasteiger partial charge on any atom is -0.384 e. The van der Waals surface area contributed by atoms with Gasteiger partial charge >= 0.3 is 0 Å². The van der Waals surface area contributed by atoms with Crippen LogP contribution < -0.4 is 10.6 Å². The molecule has 2 aromatic carbocycles. The zero-order valence-corrected chi connectivity index (χ0v) is 30.2. The van der Waals surface area contributed by atoms with E-state index in [1.807, 2.05) is 34.9 Å². The number of aromatic nitrogens is 2. The summed E-state index contributed by atoms with van der Waals surface area (Å²) in [5, 5.41) is 17.0. The van der Waals surface area contributed by atoms with E-state index < -0.39 is 35.6 Å². The van der Waals surface area contributed by atoms with Gasteiger partial charge < -0.3 is 34.7 Å². The van der Waals surface area contributed by atoms with Crippen molar-refractivity contribution in [3.63, 3.8) is 0 Å². The second-order valence-electron chi connectivity index (χ2n) is 13.9. The van der Waals surface area contributed by atoms with Gasteiger partial charge in [0, 0.05) is 75.8 Å². The second-order valence-corrected chi connectivity index (χ2v) is 13.9. The number of benzene rings is 2. The van der Waals surface area contributed by atoms with Crippen LogP contribution in [0.2, 0.25) is 0 Å². The van der Waals surface area contributed by atoms with Crippen LogP contribution in [0, 0.1) is 29.4 Å². The van der Waals surface area contributed by atoms with Crippen LogP contribution in [0.15, 0.2) is 66.9 Å². The lowest BCUT2D eigenvalue weighted by Gasteiger charge is -2.40. The van der Waals surface area contributed by atoms with Crippen molar-refractivity contribution in [1.82, 2.24) is 30.0 Å². The van der Waals surface area contributed by atoms with Gasteiger partial charge in [0.15, 0.2) is 0 Å². The lowest BCUT2D eigenvalue weighted by atomic mass is 9.87. The second kappa shape index (κ2) is 18.0. The molecule has 15 heteroatoms. The third-order valence-corrected chi connectivity index (χ3v) is 10.2. The standard InChI is InChI=1S/C39H46F2N6O7/c1-25(48)39(52)47(23-28-20-42-21-31(28)38(51)43-13-17-54-18-14-46-34(49)9-10-35(46)50)36(27-11-15-53-16-12-27)37-44-33(30-19-29(40)7-8-32(30)41)24-45(37)22-26-5-3-2-4-6-26/h2-10,19,24-25,27-28,31,36,42,48H,11-18,20-23H2,1H3,(H,43,51)/t25?,28-,31+,36+/m0/s1. The number of aliphatic hydroxyl groups is 1. The summed E-state index contributed by atoms with van der Waals surface area (Å²) in [4.78, 5) is 58.8. The van der Waals surface area contributed by atoms with Crippen molar-refractivity contribution in [3.8, 4) is 11.3 Å². The Labute approximate surface area is 312 Å². The van der Waals surface area contributed by atoms with Crippen molar-refractivity contribution in [2.24, 2.45) is 17.8 Å². The number of carbonyl (C=O) groups excluding carboxylic acids is 4. The first-order valence-electron chi connectivity index (χ1n) is 18.3. The van der Waals surface area contributed by atoms with E-state index in [2.05, 4.69) is 10.6 Å². The molecule has 3 N–H and O–H groups in total. The molecule has 288 valence electrons. The van der Waals surface area contributed by atoms with Gasteiger partial charge in [0.05, 0.1) is 37.4 Å². The number of hydrogen-bond acceptors (Lipinski definition) is 9. The van der Waals surface area contributed by atoms with E-state index in [0.717, 1.165) is 28.7 Å². The van der Waals surface area contributed by atoms with Crippen LogP contribution in [0.3, 0.4) is 0 Å². The summed E-state index contributed by atoms with van der Waals surface area (Å²) in [5.74, 6) is -3.37. The molecule has 4 amide bonds. The average molecular weight is 749 g/mol. The minimum atomic E-state index is -1.37. The molecule has 1 unspecified atom stereocenters. The topological polar surface area (TPSA) is 155 Å². The van der Waals surface area contributed by atoms with Crippen molar-refractivity contribution >= 4 is 23.6 Å². The number of hydrogen-bond donors (Lipinski definition) is 3. The smallest absolute Gasteiger partial charge is 0.253 e. The van der Waals surface area contributed by atoms with Crippen LogP contribution in [0.25, 0.3) is 11.3 Å². The van der Waals surface area contributed by atoms with Crippen molar-refractivity contribution in [1.29, 1.82) is 0 Å². The molecule has 3 aliphatic rings. The van der Waals surface area contributed by atoms with Crippen molar-refractivity contribution in [2.75, 3.05) is 59.2 Å². The summed E-state index contributed by atoms with van der Waals surface area (Å²) in [6.45, 7) is 4.13. The molecule has 0 saturated carbocycles. The van der Waals surface area contributed by atoms with Crippen molar-refractivity contribution in [3.05, 3.63) is 89.9 Å². The third kappa shape index (κ3) is 9.27. The van der Waals surface area contributed by atoms with Gasteiger partial charge in [0.1, 0.15) is 23.6 Å². The van der Waals surface area contributed by atoms with E-state index >= 15 is 4.39 Å². The Morgan fingerprint density at radius 2 is 1.81 bits per heavy atom. The van der Waals surface area contributed by atoms with Gasteiger partial charge in [-0.25, -0.2) is 13.8 Å². The number of ether oxygens (including phenoxy) is 2. The van der Waals surface area contributed by atoms with Crippen LogP contribution in [0.1, 0.15) is 37.2 Å². The molecule has 0 bridgehead atoms. The van der Waals surface area contributed by atoms with Gasteiger partial charge in [-0.3, -0.25) is 24.1 Å². The molecule has 0 aliphatic carbocycles. The first-order valence-corrected chi connectivity index (χ1v) is 18.3. The van der Waals surface area contributed by atoms with Crippen molar-refractivity contribution < 1.29 is 42.5 Å². The maximum atomic E-state index is 15.2. The molecule has 3 aromatic rings. The highest BCUT2D eigenvalue weighted by molar-refractivity contribution is 6.12. The molecule has 6 rings (SSSR count). The highest BCUT2D eigenvalue weighted by Crippen LogP contribution is 2.38. The zero-order valence-electron chi connectivity index (χ0n) is 30.2. The predicted octanol–water partition coefficient (Wildman–Crippen LogP) is 2.45. The molecule has 1 aromatic heterocycles. The summed E-state index contributed by atoms with van der Waals surface area (Å²) >= 11 is 0. The van der Waals surface area contributed by atoms with E-state index in [4.69, 9.17) is 14.5 Å². The van der Waals surface area contributed by atoms with Gasteiger partial charge in [-0.05, 0) is 49.4 Å². The summed E-state index contributed by atoms with van der Waals surface area (Å²) < 4.78 is 42.7. The fourth-order valence-corrected chi connectivity index (χ4v) is 7.38. The Bertz CT molecular complexity index is 1810. The summed E-state index contributed by atoms with van der Waals surface area (Å²) in [6.07, 6.45) is 3.89. The van der Waals surface area contributed by atoms with Crippen LogP contribution in [-0.4, -0.2) is 113 Å². The number of rotatable bonds is 16. The Kier molecular flexibility index (Phi) is 13.0. The number of halogens is 2. The molecule has 13 nitrogen and oxygen atoms in total. The molecule has 0 radical (unpaired) electrons. The van der Waals surface area contributed by atoms with Gasteiger partial charge in [-0.15, -0.1) is 0 Å². The first kappa shape index (κ1) is 38.9. The number of aliphatic hydroxyl groups excluding tert-OH is 1. The van der Waals surface area contributed by atoms with Crippen LogP contribution >= 0.6 is 0 Å². The molecular formula is C39H46F2N6O7. The zero-order chi connectivity index (χ0) is 38.2. The first-order chi connectivity index (χ1) is 26.1. The summed E-state index contributed by atoms with van der Waals surface area (Å²) in [6, 6.07) is 12.1. The predicted molar refractivity (Wildman–Crippen MR) is 192 cm³/mol. The summed E-state index contributed by atoms with van der Waals surface area (Å²) in [7, 11) is 0. The van der Waals surface area contributed by atoms with Gasteiger partial charge in [-0.2, -0.15) is 0 Å². The van der Waals surface area contributed by atoms with E-state index in [-0.39, 0.29) is 73.7 Å². The molecule has 3 aliphatic heterocycles. The van der Waals surface area contributed by atoms with E-state index in [1.54, 1.807) is 11.1 Å². The highest BCUT2D eigenvalue weighted by Gasteiger charge is 2.42. The molecule has 4 atom stereocenters. The third-order valence-electron chi connectivity index (χ3n) is 10.2. The average Bonchev–Trinajstić information content (AvgIpc) is 3.89. The Morgan fingerprint density at radius 3 is 2.54 bits per heavy atom. The van der Waals surface area contributed by atoms with Crippen LogP contribution in [0.4, 0.5) is 8.78 Å². The van der Waals surface area contributed by atoms with Gasteiger partial charge in [0.2, 0.25) is 5.91 Å². The lowest BCUT2D eigenvalue weighted by Crippen LogP contribution is -2.49. The van der Waals surface area contributed by atoms with Crippen LogP contribution in [-0.2, 0) is 35.2 Å². The van der Waals surface area contributed by atoms with E-state index in [9.17, 15) is 28.7 Å². The Hall–Kier alpha value is -4.83. The number of carbonyl (C=O) groups is 4. The molecule has 0 spiro atoms. The number of nitrogens with one attached hydrogen (secondary N) is 2. The quantitative estimate of drug-likeness (QED) is 0.148.